The van der Waals surface area contributed by atoms with Gasteiger partial charge in [-0.2, -0.15) is 0 Å². The SMILES string of the molecule is C=CCCNC(=O)c1cc2ccccc2[nH]1. The van der Waals surface area contributed by atoms with Gasteiger partial charge < -0.3 is 10.3 Å². The Balaban J connectivity index is 2.13. The molecular formula is C13H14N2O. The Labute approximate surface area is 94.2 Å². The van der Waals surface area contributed by atoms with Crippen LogP contribution < -0.4 is 5.32 Å². The van der Waals surface area contributed by atoms with Crippen molar-refractivity contribution in [3.63, 3.8) is 0 Å². The third-order valence-electron chi connectivity index (χ3n) is 2.41. The molecule has 0 aliphatic carbocycles. The van der Waals surface area contributed by atoms with Gasteiger partial charge in [0.2, 0.25) is 0 Å². The molecule has 0 atom stereocenters. The van der Waals surface area contributed by atoms with Gasteiger partial charge in [0.25, 0.3) is 5.91 Å². The number of rotatable bonds is 4. The maximum absolute atomic E-state index is 11.7. The molecule has 0 aliphatic rings. The summed E-state index contributed by atoms with van der Waals surface area (Å²) in [6.45, 7) is 4.23. The van der Waals surface area contributed by atoms with E-state index in [1.165, 1.54) is 0 Å². The van der Waals surface area contributed by atoms with Gasteiger partial charge in [-0.25, -0.2) is 0 Å². The van der Waals surface area contributed by atoms with Crippen LogP contribution in [-0.4, -0.2) is 17.4 Å². The van der Waals surface area contributed by atoms with Gasteiger partial charge >= 0.3 is 0 Å². The van der Waals surface area contributed by atoms with E-state index in [0.29, 0.717) is 12.2 Å². The van der Waals surface area contributed by atoms with Crippen LogP contribution in [0.2, 0.25) is 0 Å². The largest absolute Gasteiger partial charge is 0.351 e. The van der Waals surface area contributed by atoms with Crippen molar-refractivity contribution in [2.24, 2.45) is 0 Å². The predicted molar refractivity (Wildman–Crippen MR) is 65.4 cm³/mol. The summed E-state index contributed by atoms with van der Waals surface area (Å²) < 4.78 is 0. The summed E-state index contributed by atoms with van der Waals surface area (Å²) in [4.78, 5) is 14.8. The van der Waals surface area contributed by atoms with Crippen LogP contribution >= 0.6 is 0 Å². The van der Waals surface area contributed by atoms with Crippen LogP contribution in [0.1, 0.15) is 16.9 Å². The molecule has 0 aliphatic heterocycles. The molecule has 3 heteroatoms. The molecule has 16 heavy (non-hydrogen) atoms. The smallest absolute Gasteiger partial charge is 0.267 e. The van der Waals surface area contributed by atoms with Crippen LogP contribution in [0, 0.1) is 0 Å². The molecule has 0 saturated heterocycles. The second kappa shape index (κ2) is 4.66. The summed E-state index contributed by atoms with van der Waals surface area (Å²) in [6.07, 6.45) is 2.57. The number of carbonyl (C=O) groups is 1. The highest BCUT2D eigenvalue weighted by Gasteiger charge is 2.07. The van der Waals surface area contributed by atoms with Crippen LogP contribution in [0.15, 0.2) is 43.0 Å². The van der Waals surface area contributed by atoms with Crippen molar-refractivity contribution in [1.29, 1.82) is 0 Å². The minimum Gasteiger partial charge on any atom is -0.351 e. The van der Waals surface area contributed by atoms with E-state index in [9.17, 15) is 4.79 Å². The lowest BCUT2D eigenvalue weighted by atomic mass is 10.2. The Morgan fingerprint density at radius 1 is 1.44 bits per heavy atom. The maximum Gasteiger partial charge on any atom is 0.267 e. The Bertz CT molecular complexity index is 480. The number of fused-ring (bicyclic) bond motifs is 1. The number of aromatic nitrogens is 1. The summed E-state index contributed by atoms with van der Waals surface area (Å²) >= 11 is 0. The van der Waals surface area contributed by atoms with Gasteiger partial charge in [-0.15, -0.1) is 6.58 Å². The number of nitrogens with one attached hydrogen (secondary N) is 2. The van der Waals surface area contributed by atoms with Gasteiger partial charge in [-0.3, -0.25) is 4.79 Å². The van der Waals surface area contributed by atoms with Crippen molar-refractivity contribution in [3.05, 3.63) is 48.7 Å². The van der Waals surface area contributed by atoms with Crippen molar-refractivity contribution in [3.8, 4) is 0 Å². The maximum atomic E-state index is 11.7. The highest BCUT2D eigenvalue weighted by molar-refractivity contribution is 5.97. The number of hydrogen-bond donors (Lipinski definition) is 2. The van der Waals surface area contributed by atoms with E-state index in [0.717, 1.165) is 17.3 Å². The first kappa shape index (κ1) is 10.5. The monoisotopic (exact) mass is 214 g/mol. The number of carbonyl (C=O) groups excluding carboxylic acids is 1. The van der Waals surface area contributed by atoms with Crippen LogP contribution in [0.4, 0.5) is 0 Å². The highest BCUT2D eigenvalue weighted by atomic mass is 16.1. The third-order valence-corrected chi connectivity index (χ3v) is 2.41. The highest BCUT2D eigenvalue weighted by Crippen LogP contribution is 2.14. The zero-order chi connectivity index (χ0) is 11.4. The summed E-state index contributed by atoms with van der Waals surface area (Å²) in [5.41, 5.74) is 1.58. The first-order valence-electron chi connectivity index (χ1n) is 5.28. The van der Waals surface area contributed by atoms with E-state index in [4.69, 9.17) is 0 Å². The summed E-state index contributed by atoms with van der Waals surface area (Å²) in [7, 11) is 0. The fraction of sp³-hybridized carbons (Fsp3) is 0.154. The van der Waals surface area contributed by atoms with E-state index in [-0.39, 0.29) is 5.91 Å². The lowest BCUT2D eigenvalue weighted by Crippen LogP contribution is -2.24. The molecule has 1 aromatic carbocycles. The molecule has 82 valence electrons. The van der Waals surface area contributed by atoms with Crippen molar-refractivity contribution in [2.75, 3.05) is 6.54 Å². The Morgan fingerprint density at radius 2 is 2.25 bits per heavy atom. The van der Waals surface area contributed by atoms with Crippen molar-refractivity contribution in [2.45, 2.75) is 6.42 Å². The summed E-state index contributed by atoms with van der Waals surface area (Å²) in [5.74, 6) is -0.0713. The molecular weight excluding hydrogens is 200 g/mol. The molecule has 2 rings (SSSR count). The lowest BCUT2D eigenvalue weighted by molar-refractivity contribution is 0.0950. The van der Waals surface area contributed by atoms with Crippen molar-refractivity contribution < 1.29 is 4.79 Å². The topological polar surface area (TPSA) is 44.9 Å². The molecule has 1 amide bonds. The Hall–Kier alpha value is -2.03. The first-order chi connectivity index (χ1) is 7.81. The molecule has 0 fully saturated rings. The van der Waals surface area contributed by atoms with Gasteiger partial charge in [0.1, 0.15) is 5.69 Å². The zero-order valence-electron chi connectivity index (χ0n) is 8.99. The predicted octanol–water partition coefficient (Wildman–Crippen LogP) is 2.47. The second-order valence-electron chi connectivity index (χ2n) is 3.60. The number of benzene rings is 1. The fourth-order valence-electron chi connectivity index (χ4n) is 1.58. The molecule has 1 aromatic heterocycles. The van der Waals surface area contributed by atoms with E-state index in [1.807, 2.05) is 30.3 Å². The second-order valence-corrected chi connectivity index (χ2v) is 3.60. The van der Waals surface area contributed by atoms with E-state index in [2.05, 4.69) is 16.9 Å². The van der Waals surface area contributed by atoms with Gasteiger partial charge in [0, 0.05) is 17.4 Å². The summed E-state index contributed by atoms with van der Waals surface area (Å²) in [5, 5.41) is 3.87. The van der Waals surface area contributed by atoms with Gasteiger partial charge in [0.15, 0.2) is 0 Å². The Morgan fingerprint density at radius 3 is 3.00 bits per heavy atom. The number of para-hydroxylation sites is 1. The molecule has 2 aromatic rings. The molecule has 2 N–H and O–H groups in total. The van der Waals surface area contributed by atoms with Crippen molar-refractivity contribution in [1.82, 2.24) is 10.3 Å². The van der Waals surface area contributed by atoms with Crippen LogP contribution in [0.3, 0.4) is 0 Å². The quantitative estimate of drug-likeness (QED) is 0.596. The third kappa shape index (κ3) is 2.14. The summed E-state index contributed by atoms with van der Waals surface area (Å²) in [6, 6.07) is 9.69. The van der Waals surface area contributed by atoms with E-state index in [1.54, 1.807) is 6.08 Å². The number of H-pyrrole nitrogens is 1. The fourth-order valence-corrected chi connectivity index (χ4v) is 1.58. The molecule has 0 radical (unpaired) electrons. The number of aromatic amines is 1. The van der Waals surface area contributed by atoms with E-state index < -0.39 is 0 Å². The molecule has 3 nitrogen and oxygen atoms in total. The molecule has 1 heterocycles. The van der Waals surface area contributed by atoms with Gasteiger partial charge in [-0.1, -0.05) is 24.3 Å². The first-order valence-corrected chi connectivity index (χ1v) is 5.28. The van der Waals surface area contributed by atoms with Gasteiger partial charge in [-0.05, 0) is 18.6 Å². The molecule has 0 unspecified atom stereocenters. The number of amides is 1. The van der Waals surface area contributed by atoms with Crippen LogP contribution in [-0.2, 0) is 0 Å². The molecule has 0 spiro atoms. The minimum absolute atomic E-state index is 0.0713. The van der Waals surface area contributed by atoms with Crippen LogP contribution in [0.25, 0.3) is 10.9 Å². The molecule has 0 saturated carbocycles. The molecule has 0 bridgehead atoms. The minimum atomic E-state index is -0.0713. The average molecular weight is 214 g/mol. The Kier molecular flexibility index (Phi) is 3.05. The zero-order valence-corrected chi connectivity index (χ0v) is 8.99. The van der Waals surface area contributed by atoms with Gasteiger partial charge in [0.05, 0.1) is 0 Å². The standard InChI is InChI=1S/C13H14N2O/c1-2-3-8-14-13(16)12-9-10-6-4-5-7-11(10)15-12/h2,4-7,9,15H,1,3,8H2,(H,14,16). The lowest BCUT2D eigenvalue weighted by Gasteiger charge is -1.99. The van der Waals surface area contributed by atoms with E-state index >= 15 is 0 Å². The van der Waals surface area contributed by atoms with Crippen LogP contribution in [0.5, 0.6) is 0 Å². The normalized spacial score (nSPS) is 10.2. The van der Waals surface area contributed by atoms with Crippen molar-refractivity contribution >= 4 is 16.8 Å². The average Bonchev–Trinajstić information content (AvgIpc) is 2.73. The number of hydrogen-bond acceptors (Lipinski definition) is 1.